The van der Waals surface area contributed by atoms with Crippen molar-refractivity contribution in [2.75, 3.05) is 0 Å². The van der Waals surface area contributed by atoms with E-state index in [0.29, 0.717) is 16.5 Å². The fourth-order valence-electron chi connectivity index (χ4n) is 1.63. The summed E-state index contributed by atoms with van der Waals surface area (Å²) in [5, 5.41) is 13.6. The second kappa shape index (κ2) is 4.56. The molecule has 2 rings (SSSR count). The van der Waals surface area contributed by atoms with Crippen molar-refractivity contribution in [3.05, 3.63) is 40.3 Å². The van der Waals surface area contributed by atoms with Gasteiger partial charge in [0.05, 0.1) is 17.3 Å². The molecule has 86 valence electrons. The molecule has 0 aliphatic carbocycles. The highest BCUT2D eigenvalue weighted by atomic mass is 35.5. The van der Waals surface area contributed by atoms with E-state index in [1.165, 1.54) is 6.07 Å². The lowest BCUT2D eigenvalue weighted by molar-refractivity contribution is 0.815. The first kappa shape index (κ1) is 11.6. The second-order valence-electron chi connectivity index (χ2n) is 3.71. The van der Waals surface area contributed by atoms with Crippen LogP contribution in [-0.4, -0.2) is 14.8 Å². The quantitative estimate of drug-likeness (QED) is 0.766. The van der Waals surface area contributed by atoms with Crippen LogP contribution in [0.2, 0.25) is 5.15 Å². The van der Waals surface area contributed by atoms with Crippen molar-refractivity contribution in [2.24, 2.45) is 0 Å². The molecule has 0 spiro atoms. The lowest BCUT2D eigenvalue weighted by atomic mass is 10.2. The number of nitriles is 1. The predicted molar refractivity (Wildman–Crippen MR) is 65.2 cm³/mol. The van der Waals surface area contributed by atoms with Crippen LogP contribution >= 0.6 is 11.6 Å². The molecule has 0 unspecified atom stereocenters. The lowest BCUT2D eigenvalue weighted by Gasteiger charge is -2.01. The van der Waals surface area contributed by atoms with Gasteiger partial charge >= 0.3 is 0 Å². The number of rotatable bonds is 2. The summed E-state index contributed by atoms with van der Waals surface area (Å²) < 4.78 is 1.65. The number of aromatic nitrogens is 3. The molecule has 0 aliphatic rings. The highest BCUT2D eigenvalue weighted by Gasteiger charge is 2.07. The van der Waals surface area contributed by atoms with Crippen LogP contribution in [0.15, 0.2) is 18.3 Å². The van der Waals surface area contributed by atoms with Crippen molar-refractivity contribution >= 4 is 11.6 Å². The van der Waals surface area contributed by atoms with Gasteiger partial charge < -0.3 is 0 Å². The van der Waals surface area contributed by atoms with Gasteiger partial charge in [0, 0.05) is 12.3 Å². The number of hydrogen-bond acceptors (Lipinski definition) is 3. The Balaban J connectivity index is 2.52. The summed E-state index contributed by atoms with van der Waals surface area (Å²) in [6, 6.07) is 5.24. The molecule has 2 aromatic rings. The Bertz CT molecular complexity index is 595. The van der Waals surface area contributed by atoms with Crippen LogP contribution in [-0.2, 0) is 6.42 Å². The van der Waals surface area contributed by atoms with Crippen LogP contribution in [0.25, 0.3) is 5.82 Å². The zero-order valence-corrected chi connectivity index (χ0v) is 10.4. The summed E-state index contributed by atoms with van der Waals surface area (Å²) in [5.41, 5.74) is 2.60. The Hall–Kier alpha value is -1.86. The Morgan fingerprint density at radius 1 is 1.47 bits per heavy atom. The maximum Gasteiger partial charge on any atom is 0.156 e. The highest BCUT2D eigenvalue weighted by Crippen LogP contribution is 2.15. The monoisotopic (exact) mass is 246 g/mol. The van der Waals surface area contributed by atoms with E-state index in [1.54, 1.807) is 10.7 Å². The van der Waals surface area contributed by atoms with E-state index in [9.17, 15) is 0 Å². The molecule has 0 aliphatic heterocycles. The van der Waals surface area contributed by atoms with Crippen molar-refractivity contribution in [3.8, 4) is 11.9 Å². The molecule has 0 saturated heterocycles. The van der Waals surface area contributed by atoms with E-state index >= 15 is 0 Å². The largest absolute Gasteiger partial charge is 0.222 e. The Kier molecular flexibility index (Phi) is 3.12. The van der Waals surface area contributed by atoms with Gasteiger partial charge in [-0.05, 0) is 25.0 Å². The van der Waals surface area contributed by atoms with E-state index < -0.39 is 0 Å². The van der Waals surface area contributed by atoms with Gasteiger partial charge in [-0.25, -0.2) is 9.67 Å². The fraction of sp³-hybridized carbons (Fsp3) is 0.250. The van der Waals surface area contributed by atoms with Crippen molar-refractivity contribution in [1.29, 1.82) is 5.26 Å². The Labute approximate surface area is 104 Å². The molecule has 0 bridgehead atoms. The maximum absolute atomic E-state index is 8.87. The second-order valence-corrected chi connectivity index (χ2v) is 4.09. The molecule has 0 atom stereocenters. The van der Waals surface area contributed by atoms with Gasteiger partial charge in [-0.15, -0.1) is 0 Å². The van der Waals surface area contributed by atoms with E-state index in [1.807, 2.05) is 26.1 Å². The molecule has 2 heterocycles. The summed E-state index contributed by atoms with van der Waals surface area (Å²) in [6.07, 6.45) is 2.75. The van der Waals surface area contributed by atoms with Crippen molar-refractivity contribution in [2.45, 2.75) is 20.3 Å². The molecule has 4 nitrogen and oxygen atoms in total. The summed E-state index contributed by atoms with van der Waals surface area (Å²) in [6.45, 7) is 4.05. The molecule has 2 aromatic heterocycles. The zero-order chi connectivity index (χ0) is 12.4. The summed E-state index contributed by atoms with van der Waals surface area (Å²) in [5.74, 6) is 0.567. The SMILES string of the molecule is CCc1nn(-c2cc(C#N)cc(Cl)n2)cc1C. The third kappa shape index (κ3) is 2.29. The number of hydrogen-bond donors (Lipinski definition) is 0. The first-order valence-electron chi connectivity index (χ1n) is 5.27. The van der Waals surface area contributed by atoms with Crippen molar-refractivity contribution < 1.29 is 0 Å². The Morgan fingerprint density at radius 2 is 2.24 bits per heavy atom. The topological polar surface area (TPSA) is 54.5 Å². The predicted octanol–water partition coefficient (Wildman–Crippen LogP) is 2.66. The number of aryl methyl sites for hydroxylation is 2. The van der Waals surface area contributed by atoms with Gasteiger partial charge in [0.1, 0.15) is 5.15 Å². The molecule has 0 amide bonds. The minimum atomic E-state index is 0.297. The van der Waals surface area contributed by atoms with Gasteiger partial charge in [-0.3, -0.25) is 0 Å². The van der Waals surface area contributed by atoms with E-state index in [0.717, 1.165) is 17.7 Å². The van der Waals surface area contributed by atoms with Crippen molar-refractivity contribution in [3.63, 3.8) is 0 Å². The minimum absolute atomic E-state index is 0.297. The average Bonchev–Trinajstić information content (AvgIpc) is 2.69. The average molecular weight is 247 g/mol. The van der Waals surface area contributed by atoms with Gasteiger partial charge in [0.25, 0.3) is 0 Å². The van der Waals surface area contributed by atoms with Gasteiger partial charge in [-0.1, -0.05) is 18.5 Å². The van der Waals surface area contributed by atoms with Gasteiger partial charge in [0.15, 0.2) is 5.82 Å². The summed E-state index contributed by atoms with van der Waals surface area (Å²) in [4.78, 5) is 4.16. The van der Waals surface area contributed by atoms with Crippen LogP contribution in [0.4, 0.5) is 0 Å². The van der Waals surface area contributed by atoms with Crippen LogP contribution in [0.5, 0.6) is 0 Å². The lowest BCUT2D eigenvalue weighted by Crippen LogP contribution is -2.00. The summed E-state index contributed by atoms with van der Waals surface area (Å²) in [7, 11) is 0. The molecular weight excluding hydrogens is 236 g/mol. The van der Waals surface area contributed by atoms with Crippen molar-refractivity contribution in [1.82, 2.24) is 14.8 Å². The number of pyridine rings is 1. The molecule has 0 saturated carbocycles. The fourth-order valence-corrected chi connectivity index (χ4v) is 1.83. The first-order chi connectivity index (χ1) is 8.13. The molecule has 0 aromatic carbocycles. The Morgan fingerprint density at radius 3 is 2.82 bits per heavy atom. The van der Waals surface area contributed by atoms with Gasteiger partial charge in [-0.2, -0.15) is 10.4 Å². The molecule has 0 fully saturated rings. The normalized spacial score (nSPS) is 10.2. The minimum Gasteiger partial charge on any atom is -0.222 e. The molecule has 0 radical (unpaired) electrons. The molecule has 17 heavy (non-hydrogen) atoms. The smallest absolute Gasteiger partial charge is 0.156 e. The van der Waals surface area contributed by atoms with E-state index in [4.69, 9.17) is 16.9 Å². The summed E-state index contributed by atoms with van der Waals surface area (Å²) >= 11 is 5.86. The maximum atomic E-state index is 8.87. The van der Waals surface area contributed by atoms with Crippen LogP contribution in [0.3, 0.4) is 0 Å². The third-order valence-corrected chi connectivity index (χ3v) is 2.67. The zero-order valence-electron chi connectivity index (χ0n) is 9.61. The van der Waals surface area contributed by atoms with Crippen LogP contribution in [0.1, 0.15) is 23.7 Å². The highest BCUT2D eigenvalue weighted by molar-refractivity contribution is 6.29. The van der Waals surface area contributed by atoms with E-state index in [-0.39, 0.29) is 0 Å². The van der Waals surface area contributed by atoms with Crippen LogP contribution < -0.4 is 0 Å². The van der Waals surface area contributed by atoms with Gasteiger partial charge in [0.2, 0.25) is 0 Å². The molecule has 0 N–H and O–H groups in total. The standard InChI is InChI=1S/C12H11ClN4/c1-3-10-8(2)7-17(16-10)12-5-9(6-14)4-11(13)15-12/h4-5,7H,3H2,1-2H3. The molecular formula is C12H11ClN4. The van der Waals surface area contributed by atoms with E-state index in [2.05, 4.69) is 10.1 Å². The first-order valence-corrected chi connectivity index (χ1v) is 5.65. The third-order valence-electron chi connectivity index (χ3n) is 2.48. The van der Waals surface area contributed by atoms with Crippen LogP contribution in [0, 0.1) is 18.3 Å². The number of nitrogens with zero attached hydrogens (tertiary/aromatic N) is 4. The number of halogens is 1. The molecule has 5 heteroatoms.